The van der Waals surface area contributed by atoms with Crippen LogP contribution < -0.4 is 15.4 Å². The van der Waals surface area contributed by atoms with Gasteiger partial charge in [-0.3, -0.25) is 15.1 Å². The summed E-state index contributed by atoms with van der Waals surface area (Å²) in [5.74, 6) is 0.937. The molecule has 2 rings (SSSR count). The number of ether oxygens (including phenoxy) is 1. The molecule has 0 saturated carbocycles. The summed E-state index contributed by atoms with van der Waals surface area (Å²) < 4.78 is 6.91. The molecule has 1 atom stereocenters. The van der Waals surface area contributed by atoms with Crippen molar-refractivity contribution in [3.8, 4) is 5.88 Å². The Labute approximate surface area is 105 Å². The van der Waals surface area contributed by atoms with Gasteiger partial charge in [0.25, 0.3) is 5.91 Å². The highest BCUT2D eigenvalue weighted by Crippen LogP contribution is 2.29. The first-order valence-corrected chi connectivity index (χ1v) is 5.77. The molecule has 98 valence electrons. The van der Waals surface area contributed by atoms with Gasteiger partial charge in [0, 0.05) is 13.6 Å². The third-order valence-corrected chi connectivity index (χ3v) is 2.80. The van der Waals surface area contributed by atoms with Crippen LogP contribution in [0.2, 0.25) is 0 Å². The normalized spacial score (nSPS) is 21.0. The van der Waals surface area contributed by atoms with Gasteiger partial charge >= 0.3 is 0 Å². The average Bonchev–Trinajstić information content (AvgIpc) is 2.79. The summed E-state index contributed by atoms with van der Waals surface area (Å²) in [6.07, 6.45) is 0. The molecule has 0 aromatic carbocycles. The fraction of sp³-hybridized carbons (Fsp3) is 0.545. The molecule has 1 unspecified atom stereocenters. The zero-order chi connectivity index (χ0) is 13.3. The van der Waals surface area contributed by atoms with Crippen LogP contribution in [-0.2, 0) is 11.8 Å². The first kappa shape index (κ1) is 12.4. The predicted octanol–water partition coefficient (Wildman–Crippen LogP) is -0.126. The number of carbonyl (C=O) groups is 1. The molecule has 1 aromatic rings. The lowest BCUT2D eigenvalue weighted by atomic mass is 10.1. The minimum atomic E-state index is -0.501. The van der Waals surface area contributed by atoms with Gasteiger partial charge in [-0.1, -0.05) is 0 Å². The highest BCUT2D eigenvalue weighted by molar-refractivity contribution is 6.07. The second-order valence-electron chi connectivity index (χ2n) is 4.02. The van der Waals surface area contributed by atoms with E-state index in [0.717, 1.165) is 11.3 Å². The zero-order valence-electron chi connectivity index (χ0n) is 10.9. The molecular formula is C11H17N5O2. The number of methoxy groups -OCH3 is 1. The number of hydrogen-bond acceptors (Lipinski definition) is 4. The van der Waals surface area contributed by atoms with Crippen LogP contribution in [0.3, 0.4) is 0 Å². The number of aliphatic imine (C=N–C) groups is 1. The van der Waals surface area contributed by atoms with Gasteiger partial charge in [0.15, 0.2) is 5.96 Å². The van der Waals surface area contributed by atoms with Crippen molar-refractivity contribution >= 4 is 11.9 Å². The molecule has 0 aliphatic carbocycles. The number of nitrogens with zero attached hydrogens (tertiary/aromatic N) is 3. The molecule has 0 spiro atoms. The van der Waals surface area contributed by atoms with Gasteiger partial charge in [-0.25, -0.2) is 4.68 Å². The van der Waals surface area contributed by atoms with Gasteiger partial charge in [-0.2, -0.15) is 5.10 Å². The first-order chi connectivity index (χ1) is 8.58. The molecule has 1 aliphatic heterocycles. The fourth-order valence-electron chi connectivity index (χ4n) is 2.10. The molecule has 18 heavy (non-hydrogen) atoms. The van der Waals surface area contributed by atoms with Crippen molar-refractivity contribution in [1.29, 1.82) is 0 Å². The number of hydrogen-bond donors (Lipinski definition) is 2. The summed E-state index contributed by atoms with van der Waals surface area (Å²) in [5, 5.41) is 10.0. The van der Waals surface area contributed by atoms with Crippen LogP contribution >= 0.6 is 0 Å². The maximum absolute atomic E-state index is 11.9. The number of nitrogens with one attached hydrogen (secondary N) is 2. The van der Waals surface area contributed by atoms with Crippen molar-refractivity contribution < 1.29 is 9.53 Å². The topological polar surface area (TPSA) is 80.5 Å². The number of carbonyl (C=O) groups excluding carboxylic acids is 1. The molecule has 1 amide bonds. The lowest BCUT2D eigenvalue weighted by molar-refractivity contribution is -0.120. The van der Waals surface area contributed by atoms with E-state index in [4.69, 9.17) is 4.74 Å². The molecule has 0 radical (unpaired) electrons. The highest BCUT2D eigenvalue weighted by atomic mass is 16.5. The summed E-state index contributed by atoms with van der Waals surface area (Å²) in [4.78, 5) is 16.1. The van der Waals surface area contributed by atoms with E-state index in [2.05, 4.69) is 20.7 Å². The summed E-state index contributed by atoms with van der Waals surface area (Å²) in [6, 6.07) is -0.501. The maximum atomic E-state index is 11.9. The van der Waals surface area contributed by atoms with E-state index in [9.17, 15) is 4.79 Å². The quantitative estimate of drug-likeness (QED) is 0.784. The monoisotopic (exact) mass is 251 g/mol. The van der Waals surface area contributed by atoms with Gasteiger partial charge in [0.05, 0.1) is 18.4 Å². The molecule has 1 aromatic heterocycles. The van der Waals surface area contributed by atoms with E-state index < -0.39 is 6.04 Å². The lowest BCUT2D eigenvalue weighted by Gasteiger charge is -2.09. The van der Waals surface area contributed by atoms with E-state index in [1.54, 1.807) is 18.8 Å². The second-order valence-corrected chi connectivity index (χ2v) is 4.02. The number of amides is 1. The Morgan fingerprint density at radius 1 is 1.56 bits per heavy atom. The van der Waals surface area contributed by atoms with Crippen molar-refractivity contribution in [2.45, 2.75) is 19.9 Å². The molecule has 1 aliphatic rings. The standard InChI is InChI=1S/C11H17N5O2/c1-5-12-11-13-8(9(17)14-11)7-6(2)15-16(3)10(7)18-4/h8H,5H2,1-4H3,(H2,12,13,14,17). The van der Waals surface area contributed by atoms with Crippen LogP contribution in [0, 0.1) is 6.92 Å². The fourth-order valence-corrected chi connectivity index (χ4v) is 2.10. The van der Waals surface area contributed by atoms with Crippen molar-refractivity contribution in [1.82, 2.24) is 20.4 Å². The lowest BCUT2D eigenvalue weighted by Crippen LogP contribution is -2.25. The van der Waals surface area contributed by atoms with Crippen LogP contribution in [0.25, 0.3) is 0 Å². The van der Waals surface area contributed by atoms with E-state index in [1.807, 2.05) is 13.8 Å². The Morgan fingerprint density at radius 2 is 2.28 bits per heavy atom. The number of aromatic nitrogens is 2. The number of rotatable bonds is 3. The van der Waals surface area contributed by atoms with Gasteiger partial charge in [-0.05, 0) is 13.8 Å². The minimum Gasteiger partial charge on any atom is -0.481 e. The van der Waals surface area contributed by atoms with E-state index in [1.165, 1.54) is 0 Å². The Hall–Kier alpha value is -2.05. The smallest absolute Gasteiger partial charge is 0.254 e. The Morgan fingerprint density at radius 3 is 2.89 bits per heavy atom. The molecule has 7 nitrogen and oxygen atoms in total. The summed E-state index contributed by atoms with van der Waals surface area (Å²) >= 11 is 0. The largest absolute Gasteiger partial charge is 0.481 e. The Kier molecular flexibility index (Phi) is 3.22. The van der Waals surface area contributed by atoms with E-state index in [-0.39, 0.29) is 5.91 Å². The van der Waals surface area contributed by atoms with Gasteiger partial charge < -0.3 is 10.1 Å². The SMILES string of the molecule is CCN=C1NC(=O)C(c2c(C)nn(C)c2OC)N1. The first-order valence-electron chi connectivity index (χ1n) is 5.77. The predicted molar refractivity (Wildman–Crippen MR) is 66.5 cm³/mol. The molecule has 2 N–H and O–H groups in total. The van der Waals surface area contributed by atoms with Crippen molar-refractivity contribution in [3.63, 3.8) is 0 Å². The van der Waals surface area contributed by atoms with Crippen molar-refractivity contribution in [3.05, 3.63) is 11.3 Å². The van der Waals surface area contributed by atoms with Crippen molar-refractivity contribution in [2.24, 2.45) is 12.0 Å². The van der Waals surface area contributed by atoms with Crippen molar-refractivity contribution in [2.75, 3.05) is 13.7 Å². The molecule has 7 heteroatoms. The maximum Gasteiger partial charge on any atom is 0.254 e. The molecule has 1 fully saturated rings. The highest BCUT2D eigenvalue weighted by Gasteiger charge is 2.35. The minimum absolute atomic E-state index is 0.142. The van der Waals surface area contributed by atoms with Crippen LogP contribution in [0.5, 0.6) is 5.88 Å². The van der Waals surface area contributed by atoms with Gasteiger partial charge in [-0.15, -0.1) is 0 Å². The summed E-state index contributed by atoms with van der Waals surface area (Å²) in [7, 11) is 3.34. The molecule has 1 saturated heterocycles. The Bertz CT molecular complexity index is 506. The van der Waals surface area contributed by atoms with Crippen LogP contribution in [0.1, 0.15) is 24.2 Å². The van der Waals surface area contributed by atoms with Gasteiger partial charge in [0.1, 0.15) is 6.04 Å². The van der Waals surface area contributed by atoms with Gasteiger partial charge in [0.2, 0.25) is 5.88 Å². The Balaban J connectivity index is 2.38. The number of aryl methyl sites for hydroxylation is 2. The summed E-state index contributed by atoms with van der Waals surface area (Å²) in [6.45, 7) is 4.37. The molecule has 2 heterocycles. The van der Waals surface area contributed by atoms with Crippen LogP contribution in [0.4, 0.5) is 0 Å². The van der Waals surface area contributed by atoms with E-state index >= 15 is 0 Å². The third kappa shape index (κ3) is 1.92. The third-order valence-electron chi connectivity index (χ3n) is 2.80. The molecular weight excluding hydrogens is 234 g/mol. The summed E-state index contributed by atoms with van der Waals surface area (Å²) in [5.41, 5.74) is 1.51. The van der Waals surface area contributed by atoms with Crippen LogP contribution in [0.15, 0.2) is 4.99 Å². The van der Waals surface area contributed by atoms with Crippen LogP contribution in [-0.4, -0.2) is 35.3 Å². The second kappa shape index (κ2) is 4.67. The van der Waals surface area contributed by atoms with E-state index in [0.29, 0.717) is 18.4 Å². The number of guanidine groups is 1. The zero-order valence-corrected chi connectivity index (χ0v) is 10.9. The average molecular weight is 251 g/mol. The molecule has 0 bridgehead atoms.